The molecule has 4 heterocycles. The first-order chi connectivity index (χ1) is 16.6. The molecular formula is C25H22N6O3. The number of pyridine rings is 1. The fourth-order valence-corrected chi connectivity index (χ4v) is 4.15. The van der Waals surface area contributed by atoms with E-state index in [2.05, 4.69) is 20.5 Å². The van der Waals surface area contributed by atoms with E-state index < -0.39 is 0 Å². The van der Waals surface area contributed by atoms with Crippen molar-refractivity contribution in [3.63, 3.8) is 0 Å². The Kier molecular flexibility index (Phi) is 4.68. The molecule has 1 aliphatic heterocycles. The van der Waals surface area contributed by atoms with Crippen molar-refractivity contribution in [2.75, 3.05) is 18.5 Å². The molecule has 0 radical (unpaired) electrons. The van der Waals surface area contributed by atoms with Crippen LogP contribution in [0.5, 0.6) is 11.5 Å². The van der Waals surface area contributed by atoms with E-state index in [1.165, 1.54) is 0 Å². The smallest absolute Gasteiger partial charge is 0.267 e. The van der Waals surface area contributed by atoms with Crippen LogP contribution in [0.2, 0.25) is 0 Å². The number of benzene rings is 2. The van der Waals surface area contributed by atoms with Gasteiger partial charge in [0, 0.05) is 6.20 Å². The van der Waals surface area contributed by atoms with Gasteiger partial charge in [-0.1, -0.05) is 18.2 Å². The van der Waals surface area contributed by atoms with E-state index in [1.54, 1.807) is 17.0 Å². The molecule has 3 aromatic heterocycles. The zero-order chi connectivity index (χ0) is 23.2. The van der Waals surface area contributed by atoms with Gasteiger partial charge in [0.05, 0.1) is 34.7 Å². The SMILES string of the molecule is Cc1ccc(-n2c(=O)c3cn[nH]c3c3cnc(NCC4COc5ccccc5O4)nc32)cc1C. The number of H-pyrrole nitrogens is 1. The summed E-state index contributed by atoms with van der Waals surface area (Å²) in [5.41, 5.74) is 3.91. The number of anilines is 1. The molecule has 0 bridgehead atoms. The number of aryl methyl sites for hydroxylation is 2. The molecular weight excluding hydrogens is 432 g/mol. The first-order valence-corrected chi connectivity index (χ1v) is 11.0. The number of hydrogen-bond acceptors (Lipinski definition) is 7. The van der Waals surface area contributed by atoms with Gasteiger partial charge in [-0.2, -0.15) is 10.1 Å². The minimum Gasteiger partial charge on any atom is -0.486 e. The summed E-state index contributed by atoms with van der Waals surface area (Å²) in [6, 6.07) is 13.5. The molecule has 34 heavy (non-hydrogen) atoms. The lowest BCUT2D eigenvalue weighted by atomic mass is 10.1. The third kappa shape index (κ3) is 3.33. The number of aromatic amines is 1. The lowest BCUT2D eigenvalue weighted by Gasteiger charge is -2.26. The average molecular weight is 454 g/mol. The molecule has 9 heteroatoms. The monoisotopic (exact) mass is 454 g/mol. The molecule has 0 amide bonds. The molecule has 0 saturated carbocycles. The largest absolute Gasteiger partial charge is 0.486 e. The number of fused-ring (bicyclic) bond motifs is 4. The first kappa shape index (κ1) is 20.2. The summed E-state index contributed by atoms with van der Waals surface area (Å²) in [6.45, 7) is 4.92. The maximum Gasteiger partial charge on any atom is 0.267 e. The lowest BCUT2D eigenvalue weighted by Crippen LogP contribution is -2.35. The van der Waals surface area contributed by atoms with Gasteiger partial charge in [-0.15, -0.1) is 0 Å². The minimum absolute atomic E-state index is 0.190. The zero-order valence-corrected chi connectivity index (χ0v) is 18.7. The molecule has 0 saturated heterocycles. The van der Waals surface area contributed by atoms with E-state index in [-0.39, 0.29) is 11.7 Å². The van der Waals surface area contributed by atoms with Gasteiger partial charge in [0.1, 0.15) is 12.7 Å². The maximum absolute atomic E-state index is 13.4. The van der Waals surface area contributed by atoms with Crippen LogP contribution in [0.3, 0.4) is 0 Å². The van der Waals surface area contributed by atoms with Gasteiger partial charge in [-0.3, -0.25) is 14.5 Å². The third-order valence-corrected chi connectivity index (χ3v) is 6.13. The number of nitrogens with zero attached hydrogens (tertiary/aromatic N) is 4. The summed E-state index contributed by atoms with van der Waals surface area (Å²) in [4.78, 5) is 22.6. The highest BCUT2D eigenvalue weighted by molar-refractivity contribution is 6.02. The molecule has 1 aliphatic rings. The number of para-hydroxylation sites is 2. The predicted molar refractivity (Wildman–Crippen MR) is 129 cm³/mol. The van der Waals surface area contributed by atoms with Crippen molar-refractivity contribution in [3.8, 4) is 17.2 Å². The molecule has 9 nitrogen and oxygen atoms in total. The van der Waals surface area contributed by atoms with E-state index in [0.29, 0.717) is 46.8 Å². The standard InChI is InChI=1S/C25H22N6O3/c1-14-7-8-16(9-15(14)2)31-23-18(22-19(24(31)32)12-28-30-22)11-27-25(29-23)26-10-17-13-33-20-5-3-4-6-21(20)34-17/h3-9,11-12,17H,10,13H2,1-2H3,(H,28,30)(H,26,27,29). The Bertz CT molecular complexity index is 1610. The van der Waals surface area contributed by atoms with Crippen LogP contribution in [0.1, 0.15) is 11.1 Å². The summed E-state index contributed by atoms with van der Waals surface area (Å²) in [6.07, 6.45) is 3.04. The normalized spacial score (nSPS) is 15.1. The second-order valence-electron chi connectivity index (χ2n) is 8.38. The van der Waals surface area contributed by atoms with Crippen molar-refractivity contribution in [2.45, 2.75) is 20.0 Å². The Morgan fingerprint density at radius 3 is 2.79 bits per heavy atom. The van der Waals surface area contributed by atoms with Crippen molar-refractivity contribution in [1.82, 2.24) is 24.7 Å². The molecule has 6 rings (SSSR count). The maximum atomic E-state index is 13.4. The highest BCUT2D eigenvalue weighted by Gasteiger charge is 2.21. The van der Waals surface area contributed by atoms with Gasteiger partial charge >= 0.3 is 0 Å². The highest BCUT2D eigenvalue weighted by atomic mass is 16.6. The molecule has 1 atom stereocenters. The number of ether oxygens (including phenoxy) is 2. The van der Waals surface area contributed by atoms with Crippen molar-refractivity contribution >= 4 is 27.9 Å². The van der Waals surface area contributed by atoms with Crippen LogP contribution in [0, 0.1) is 13.8 Å². The van der Waals surface area contributed by atoms with Crippen LogP contribution in [0.4, 0.5) is 5.95 Å². The summed E-state index contributed by atoms with van der Waals surface area (Å²) < 4.78 is 13.4. The first-order valence-electron chi connectivity index (χ1n) is 11.0. The Balaban J connectivity index is 1.39. The fraction of sp³-hybridized carbons (Fsp3) is 0.200. The number of rotatable bonds is 4. The molecule has 170 valence electrons. The van der Waals surface area contributed by atoms with E-state index >= 15 is 0 Å². The Morgan fingerprint density at radius 2 is 1.94 bits per heavy atom. The number of hydrogen-bond donors (Lipinski definition) is 2. The molecule has 2 N–H and O–H groups in total. The average Bonchev–Trinajstić information content (AvgIpc) is 3.35. The second kappa shape index (κ2) is 7.87. The van der Waals surface area contributed by atoms with Crippen molar-refractivity contribution < 1.29 is 9.47 Å². The second-order valence-corrected chi connectivity index (χ2v) is 8.38. The minimum atomic E-state index is -0.203. The van der Waals surface area contributed by atoms with Crippen LogP contribution in [0.25, 0.3) is 27.6 Å². The van der Waals surface area contributed by atoms with Crippen LogP contribution in [-0.4, -0.2) is 44.0 Å². The van der Waals surface area contributed by atoms with Gasteiger partial charge in [0.2, 0.25) is 5.95 Å². The summed E-state index contributed by atoms with van der Waals surface area (Å²) in [5, 5.41) is 11.4. The van der Waals surface area contributed by atoms with E-state index in [4.69, 9.17) is 14.5 Å². The van der Waals surface area contributed by atoms with Crippen LogP contribution >= 0.6 is 0 Å². The zero-order valence-electron chi connectivity index (χ0n) is 18.7. The molecule has 0 spiro atoms. The molecule has 0 fully saturated rings. The quantitative estimate of drug-likeness (QED) is 0.428. The van der Waals surface area contributed by atoms with Gasteiger partial charge in [0.15, 0.2) is 17.1 Å². The molecule has 5 aromatic rings. The van der Waals surface area contributed by atoms with Gasteiger partial charge in [0.25, 0.3) is 5.56 Å². The van der Waals surface area contributed by atoms with Gasteiger partial charge in [-0.05, 0) is 49.2 Å². The van der Waals surface area contributed by atoms with Crippen molar-refractivity contribution in [1.29, 1.82) is 0 Å². The van der Waals surface area contributed by atoms with E-state index in [9.17, 15) is 4.79 Å². The lowest BCUT2D eigenvalue weighted by molar-refractivity contribution is 0.0996. The summed E-state index contributed by atoms with van der Waals surface area (Å²) in [5.74, 6) is 1.85. The molecule has 0 aliphatic carbocycles. The Labute approximate surface area is 194 Å². The van der Waals surface area contributed by atoms with Gasteiger partial charge < -0.3 is 14.8 Å². The number of nitrogens with one attached hydrogen (secondary N) is 2. The fourth-order valence-electron chi connectivity index (χ4n) is 4.15. The topological polar surface area (TPSA) is 107 Å². The van der Waals surface area contributed by atoms with Gasteiger partial charge in [-0.25, -0.2) is 4.98 Å². The Hall–Kier alpha value is -4.40. The van der Waals surface area contributed by atoms with E-state index in [0.717, 1.165) is 22.6 Å². The van der Waals surface area contributed by atoms with Crippen LogP contribution in [0.15, 0.2) is 59.7 Å². The van der Waals surface area contributed by atoms with Crippen molar-refractivity contribution in [3.05, 3.63) is 76.3 Å². The van der Waals surface area contributed by atoms with Crippen LogP contribution in [-0.2, 0) is 0 Å². The number of aromatic nitrogens is 5. The predicted octanol–water partition coefficient (Wildman–Crippen LogP) is 3.53. The molecule has 1 unspecified atom stereocenters. The van der Waals surface area contributed by atoms with Crippen molar-refractivity contribution in [2.24, 2.45) is 0 Å². The highest BCUT2D eigenvalue weighted by Crippen LogP contribution is 2.31. The van der Waals surface area contributed by atoms with E-state index in [1.807, 2.05) is 56.3 Å². The summed E-state index contributed by atoms with van der Waals surface area (Å²) in [7, 11) is 0. The third-order valence-electron chi connectivity index (χ3n) is 6.13. The van der Waals surface area contributed by atoms with Crippen LogP contribution < -0.4 is 20.3 Å². The summed E-state index contributed by atoms with van der Waals surface area (Å²) >= 11 is 0. The molecule has 2 aromatic carbocycles. The Morgan fingerprint density at radius 1 is 1.09 bits per heavy atom.